The highest BCUT2D eigenvalue weighted by Gasteiger charge is 2.41. The summed E-state index contributed by atoms with van der Waals surface area (Å²) >= 11 is 5.67. The Morgan fingerprint density at radius 1 is 1.44 bits per heavy atom. The highest BCUT2D eigenvalue weighted by atomic mass is 35.5. The van der Waals surface area contributed by atoms with E-state index in [4.69, 9.17) is 16.5 Å². The molecule has 0 aliphatic carbocycles. The molecule has 0 bridgehead atoms. The topological polar surface area (TPSA) is 58.6 Å². The molecule has 0 aromatic rings. The fourth-order valence-corrected chi connectivity index (χ4v) is 2.58. The van der Waals surface area contributed by atoms with Crippen molar-refractivity contribution in [1.29, 1.82) is 0 Å². The normalized spacial score (nSPS) is 21.8. The zero-order chi connectivity index (χ0) is 13.9. The lowest BCUT2D eigenvalue weighted by molar-refractivity contribution is -0.152. The number of amides is 1. The first-order valence-corrected chi connectivity index (χ1v) is 6.45. The van der Waals surface area contributed by atoms with Crippen LogP contribution in [0.3, 0.4) is 0 Å². The molecule has 1 aliphatic heterocycles. The van der Waals surface area contributed by atoms with Crippen LogP contribution in [0, 0.1) is 5.41 Å². The smallest absolute Gasteiger partial charge is 0.328 e. The second-order valence-corrected chi connectivity index (χ2v) is 5.84. The van der Waals surface area contributed by atoms with Crippen LogP contribution in [-0.4, -0.2) is 42.5 Å². The number of methoxy groups -OCH3 is 1. The lowest BCUT2D eigenvalue weighted by Crippen LogP contribution is -2.53. The first-order chi connectivity index (χ1) is 8.32. The third kappa shape index (κ3) is 3.14. The first-order valence-electron chi connectivity index (χ1n) is 6.07. The van der Waals surface area contributed by atoms with Crippen molar-refractivity contribution >= 4 is 23.7 Å². The van der Waals surface area contributed by atoms with Crippen molar-refractivity contribution in [2.24, 2.45) is 5.41 Å². The van der Waals surface area contributed by atoms with Crippen LogP contribution in [0.25, 0.3) is 0 Å². The van der Waals surface area contributed by atoms with E-state index in [1.165, 1.54) is 7.11 Å². The van der Waals surface area contributed by atoms with E-state index in [1.807, 2.05) is 20.8 Å². The van der Waals surface area contributed by atoms with E-state index in [1.54, 1.807) is 4.90 Å². The predicted octanol–water partition coefficient (Wildman–Crippen LogP) is 1.31. The van der Waals surface area contributed by atoms with Gasteiger partial charge in [0.15, 0.2) is 0 Å². The molecule has 2 atom stereocenters. The Morgan fingerprint density at radius 3 is 2.50 bits per heavy atom. The van der Waals surface area contributed by atoms with Gasteiger partial charge >= 0.3 is 5.97 Å². The number of carbonyl (C=O) groups is 2. The molecule has 104 valence electrons. The Kier molecular flexibility index (Phi) is 4.99. The molecule has 0 aromatic heterocycles. The monoisotopic (exact) mass is 276 g/mol. The maximum Gasteiger partial charge on any atom is 0.328 e. The summed E-state index contributed by atoms with van der Waals surface area (Å²) in [6.45, 7) is 6.35. The van der Waals surface area contributed by atoms with Crippen molar-refractivity contribution in [1.82, 2.24) is 9.74 Å². The van der Waals surface area contributed by atoms with Gasteiger partial charge in [-0.3, -0.25) is 4.79 Å². The average Bonchev–Trinajstić information content (AvgIpc) is 2.75. The van der Waals surface area contributed by atoms with Gasteiger partial charge in [0, 0.05) is 6.54 Å². The number of esters is 1. The van der Waals surface area contributed by atoms with Gasteiger partial charge in [0.2, 0.25) is 5.91 Å². The lowest BCUT2D eigenvalue weighted by atomic mass is 9.86. The number of nitrogens with one attached hydrogen (secondary N) is 1. The molecule has 0 aromatic carbocycles. The van der Waals surface area contributed by atoms with Crippen molar-refractivity contribution in [3.05, 3.63) is 0 Å². The van der Waals surface area contributed by atoms with Crippen molar-refractivity contribution in [2.45, 2.75) is 45.7 Å². The molecule has 0 unspecified atom stereocenters. The zero-order valence-corrected chi connectivity index (χ0v) is 12.1. The van der Waals surface area contributed by atoms with E-state index < -0.39 is 12.1 Å². The first kappa shape index (κ1) is 15.2. The summed E-state index contributed by atoms with van der Waals surface area (Å²) in [6.07, 6.45) is 1.46. The van der Waals surface area contributed by atoms with Crippen LogP contribution in [-0.2, 0) is 14.3 Å². The number of halogens is 1. The van der Waals surface area contributed by atoms with Crippen LogP contribution in [0.1, 0.15) is 33.6 Å². The van der Waals surface area contributed by atoms with Gasteiger partial charge in [-0.2, -0.15) is 0 Å². The number of nitrogens with zero attached hydrogens (tertiary/aromatic N) is 1. The van der Waals surface area contributed by atoms with Crippen LogP contribution in [0.5, 0.6) is 0 Å². The van der Waals surface area contributed by atoms with Crippen LogP contribution in [0.4, 0.5) is 0 Å². The Hall–Kier alpha value is -0.810. The van der Waals surface area contributed by atoms with E-state index in [9.17, 15) is 9.59 Å². The lowest BCUT2D eigenvalue weighted by Gasteiger charge is -2.33. The number of rotatable bonds is 3. The Morgan fingerprint density at radius 2 is 2.06 bits per heavy atom. The molecule has 0 spiro atoms. The van der Waals surface area contributed by atoms with Gasteiger partial charge < -0.3 is 9.64 Å². The molecular formula is C12H21ClN2O3. The van der Waals surface area contributed by atoms with Crippen LogP contribution in [0.15, 0.2) is 0 Å². The van der Waals surface area contributed by atoms with Gasteiger partial charge in [-0.05, 0) is 30.0 Å². The number of ether oxygens (including phenoxy) is 1. The summed E-state index contributed by atoms with van der Waals surface area (Å²) in [7, 11) is 1.34. The number of likely N-dealkylation sites (tertiary alicyclic amines) is 1. The summed E-state index contributed by atoms with van der Waals surface area (Å²) < 4.78 is 4.73. The molecule has 1 amide bonds. The summed E-state index contributed by atoms with van der Waals surface area (Å²) in [5.74, 6) is -0.506. The third-order valence-corrected chi connectivity index (χ3v) is 3.45. The van der Waals surface area contributed by atoms with Gasteiger partial charge in [-0.15, -0.1) is 0 Å². The second kappa shape index (κ2) is 5.89. The molecule has 1 aliphatic rings. The van der Waals surface area contributed by atoms with E-state index in [0.29, 0.717) is 13.0 Å². The molecule has 18 heavy (non-hydrogen) atoms. The quantitative estimate of drug-likeness (QED) is 0.624. The van der Waals surface area contributed by atoms with Crippen molar-refractivity contribution < 1.29 is 14.3 Å². The van der Waals surface area contributed by atoms with E-state index in [-0.39, 0.29) is 17.3 Å². The van der Waals surface area contributed by atoms with Gasteiger partial charge in [-0.25, -0.2) is 9.63 Å². The maximum atomic E-state index is 12.4. The van der Waals surface area contributed by atoms with E-state index in [0.717, 1.165) is 6.42 Å². The standard InChI is InChI=1S/C12H21ClN2O3/c1-12(2,3)9(14-13)10(16)15-7-5-6-8(15)11(17)18-4/h8-9,14H,5-7H2,1-4H3/t8-,9+/m0/s1. The number of hydrogen-bond acceptors (Lipinski definition) is 4. The van der Waals surface area contributed by atoms with Gasteiger partial charge in [0.1, 0.15) is 12.1 Å². The van der Waals surface area contributed by atoms with Crippen LogP contribution in [0.2, 0.25) is 0 Å². The van der Waals surface area contributed by atoms with Crippen molar-refractivity contribution in [3.8, 4) is 0 Å². The minimum absolute atomic E-state index is 0.148. The Bertz CT molecular complexity index is 328. The SMILES string of the molecule is COC(=O)[C@@H]1CCCN1C(=O)[C@@H](NCl)C(C)(C)C. The maximum absolute atomic E-state index is 12.4. The predicted molar refractivity (Wildman–Crippen MR) is 69.0 cm³/mol. The minimum Gasteiger partial charge on any atom is -0.467 e. The van der Waals surface area contributed by atoms with E-state index >= 15 is 0 Å². The van der Waals surface area contributed by atoms with Gasteiger partial charge in [-0.1, -0.05) is 20.8 Å². The summed E-state index contributed by atoms with van der Waals surface area (Å²) in [6, 6.07) is -0.998. The van der Waals surface area contributed by atoms with Crippen molar-refractivity contribution in [3.63, 3.8) is 0 Å². The second-order valence-electron chi connectivity index (χ2n) is 5.62. The van der Waals surface area contributed by atoms with Crippen LogP contribution < -0.4 is 4.84 Å². The largest absolute Gasteiger partial charge is 0.467 e. The van der Waals surface area contributed by atoms with Gasteiger partial charge in [0.05, 0.1) is 7.11 Å². The molecular weight excluding hydrogens is 256 g/mol. The fourth-order valence-electron chi connectivity index (χ4n) is 2.16. The Balaban J connectivity index is 2.85. The molecule has 1 saturated heterocycles. The van der Waals surface area contributed by atoms with Crippen molar-refractivity contribution in [2.75, 3.05) is 13.7 Å². The molecule has 6 heteroatoms. The molecule has 1 rings (SSSR count). The molecule has 1 N–H and O–H groups in total. The van der Waals surface area contributed by atoms with Gasteiger partial charge in [0.25, 0.3) is 0 Å². The number of hydrogen-bond donors (Lipinski definition) is 1. The molecule has 1 fully saturated rings. The fraction of sp³-hybridized carbons (Fsp3) is 0.833. The Labute approximate surface area is 113 Å². The summed E-state index contributed by atoms with van der Waals surface area (Å²) in [5, 5.41) is 0. The highest BCUT2D eigenvalue weighted by molar-refractivity contribution is 6.15. The molecule has 5 nitrogen and oxygen atoms in total. The average molecular weight is 277 g/mol. The number of carbonyl (C=O) groups excluding carboxylic acids is 2. The summed E-state index contributed by atoms with van der Waals surface area (Å²) in [4.78, 5) is 28.1. The van der Waals surface area contributed by atoms with E-state index in [2.05, 4.69) is 4.84 Å². The molecule has 1 heterocycles. The molecule has 0 saturated carbocycles. The van der Waals surface area contributed by atoms with Crippen LogP contribution >= 0.6 is 11.8 Å². The third-order valence-electron chi connectivity index (χ3n) is 3.23. The zero-order valence-electron chi connectivity index (χ0n) is 11.3. The highest BCUT2D eigenvalue weighted by Crippen LogP contribution is 2.26. The summed E-state index contributed by atoms with van der Waals surface area (Å²) in [5.41, 5.74) is -0.317. The molecule has 0 radical (unpaired) electrons. The minimum atomic E-state index is -0.524.